The van der Waals surface area contributed by atoms with Gasteiger partial charge in [0, 0.05) is 12.8 Å². The first-order chi connectivity index (χ1) is 28.5. The zero-order chi connectivity index (χ0) is 43.1. The van der Waals surface area contributed by atoms with E-state index in [1.807, 2.05) is 30.3 Å². The molecule has 9 heteroatoms. The summed E-state index contributed by atoms with van der Waals surface area (Å²) in [5, 5.41) is 10.4. The Hall–Kier alpha value is -3.36. The van der Waals surface area contributed by atoms with Gasteiger partial charge in [0.2, 0.25) is 0 Å². The molecular weight excluding hydrogens is 745 g/mol. The van der Waals surface area contributed by atoms with Crippen molar-refractivity contribution in [1.29, 1.82) is 0 Å². The Labute approximate surface area is 358 Å². The van der Waals surface area contributed by atoms with Gasteiger partial charge in [-0.2, -0.15) is 0 Å². The zero-order valence-electron chi connectivity index (χ0n) is 37.8. The number of carboxylic acids is 1. The van der Waals surface area contributed by atoms with Crippen LogP contribution in [0.25, 0.3) is 0 Å². The smallest absolute Gasteiger partial charge is 0.379 e. The third-order valence-corrected chi connectivity index (χ3v) is 11.3. The number of carbonyl (C=O) groups is 4. The van der Waals surface area contributed by atoms with Gasteiger partial charge in [0.25, 0.3) is 5.76 Å². The van der Waals surface area contributed by atoms with Crippen LogP contribution in [0.3, 0.4) is 0 Å². The number of esters is 3. The minimum atomic E-state index is -1.27. The number of benzene rings is 1. The Bertz CT molecular complexity index is 1330. The van der Waals surface area contributed by atoms with Gasteiger partial charge in [-0.05, 0) is 39.2 Å². The lowest BCUT2D eigenvalue weighted by Gasteiger charge is -2.27. The molecule has 9 nitrogen and oxygen atoms in total. The SMILES string of the molecule is CCCCCCCCCCCCCCCC(=O)O[C@@H](CC(CCCCCCCCCCCCCC)C(=O)O)[C@H]1OC(=O)C(OC(=O)C(C)(C)C)=C1OCc1ccccc1. The second-order valence-corrected chi connectivity index (χ2v) is 17.9. The molecule has 0 fully saturated rings. The summed E-state index contributed by atoms with van der Waals surface area (Å²) in [6.45, 7) is 9.53. The molecule has 59 heavy (non-hydrogen) atoms. The monoisotopic (exact) mass is 827 g/mol. The second kappa shape index (κ2) is 31.5. The maximum Gasteiger partial charge on any atom is 0.379 e. The number of aliphatic carboxylic acids is 1. The van der Waals surface area contributed by atoms with Crippen LogP contribution in [0.1, 0.15) is 220 Å². The molecule has 1 aromatic rings. The van der Waals surface area contributed by atoms with Crippen LogP contribution in [0.15, 0.2) is 41.9 Å². The van der Waals surface area contributed by atoms with Gasteiger partial charge in [-0.3, -0.25) is 14.4 Å². The molecule has 1 unspecified atom stereocenters. The van der Waals surface area contributed by atoms with E-state index in [9.17, 15) is 24.3 Å². The third-order valence-electron chi connectivity index (χ3n) is 11.3. The van der Waals surface area contributed by atoms with Crippen LogP contribution in [0, 0.1) is 11.3 Å². The molecule has 1 heterocycles. The Balaban J connectivity index is 2.08. The molecule has 0 bridgehead atoms. The van der Waals surface area contributed by atoms with Crippen molar-refractivity contribution in [2.75, 3.05) is 0 Å². The van der Waals surface area contributed by atoms with E-state index in [1.54, 1.807) is 20.8 Å². The van der Waals surface area contributed by atoms with Crippen LogP contribution in [0.4, 0.5) is 0 Å². The first-order valence-corrected chi connectivity index (χ1v) is 23.7. The lowest BCUT2D eigenvalue weighted by atomic mass is 9.92. The molecule has 1 aliphatic heterocycles. The van der Waals surface area contributed by atoms with Gasteiger partial charge in [0.05, 0.1) is 11.3 Å². The maximum absolute atomic E-state index is 13.4. The van der Waals surface area contributed by atoms with E-state index < -0.39 is 53.2 Å². The maximum atomic E-state index is 13.4. The lowest BCUT2D eigenvalue weighted by Crippen LogP contribution is -2.37. The minimum absolute atomic E-state index is 0.0285. The Morgan fingerprint density at radius 2 is 1.14 bits per heavy atom. The van der Waals surface area contributed by atoms with E-state index in [2.05, 4.69) is 13.8 Å². The summed E-state index contributed by atoms with van der Waals surface area (Å²) in [4.78, 5) is 52.5. The molecule has 0 radical (unpaired) electrons. The number of carboxylic acid groups (broad SMARTS) is 1. The Morgan fingerprint density at radius 3 is 1.59 bits per heavy atom. The molecule has 1 N–H and O–H groups in total. The molecular formula is C50H82O9. The van der Waals surface area contributed by atoms with Crippen molar-refractivity contribution >= 4 is 23.9 Å². The number of carbonyl (C=O) groups excluding carboxylic acids is 3. The minimum Gasteiger partial charge on any atom is -0.485 e. The number of rotatable bonds is 36. The van der Waals surface area contributed by atoms with Crippen LogP contribution in [0.2, 0.25) is 0 Å². The van der Waals surface area contributed by atoms with Gasteiger partial charge in [-0.15, -0.1) is 0 Å². The highest BCUT2D eigenvalue weighted by molar-refractivity contribution is 5.93. The highest BCUT2D eigenvalue weighted by Gasteiger charge is 2.47. The summed E-state index contributed by atoms with van der Waals surface area (Å²) >= 11 is 0. The number of hydrogen-bond acceptors (Lipinski definition) is 8. The summed E-state index contributed by atoms with van der Waals surface area (Å²) in [5.74, 6) is -4.35. The molecule has 0 saturated carbocycles. The van der Waals surface area contributed by atoms with E-state index in [-0.39, 0.29) is 25.2 Å². The Morgan fingerprint density at radius 1 is 0.678 bits per heavy atom. The summed E-state index contributed by atoms with van der Waals surface area (Å²) in [5.41, 5.74) is -0.135. The normalized spacial score (nSPS) is 15.2. The summed E-state index contributed by atoms with van der Waals surface area (Å²) in [6, 6.07) is 9.30. The first kappa shape index (κ1) is 51.8. The molecule has 0 amide bonds. The van der Waals surface area contributed by atoms with Crippen LogP contribution < -0.4 is 0 Å². The lowest BCUT2D eigenvalue weighted by molar-refractivity contribution is -0.167. The third kappa shape index (κ3) is 23.3. The van der Waals surface area contributed by atoms with Crippen molar-refractivity contribution in [1.82, 2.24) is 0 Å². The van der Waals surface area contributed by atoms with E-state index in [0.717, 1.165) is 50.5 Å². The topological polar surface area (TPSA) is 125 Å². The quantitative estimate of drug-likeness (QED) is 0.0400. The number of hydrogen-bond donors (Lipinski definition) is 1. The second-order valence-electron chi connectivity index (χ2n) is 17.9. The van der Waals surface area contributed by atoms with E-state index in [1.165, 1.54) is 109 Å². The predicted molar refractivity (Wildman–Crippen MR) is 235 cm³/mol. The van der Waals surface area contributed by atoms with Gasteiger partial charge in [0.1, 0.15) is 12.7 Å². The average Bonchev–Trinajstić information content (AvgIpc) is 3.51. The first-order valence-electron chi connectivity index (χ1n) is 23.7. The van der Waals surface area contributed by atoms with Crippen molar-refractivity contribution in [3.63, 3.8) is 0 Å². The molecule has 336 valence electrons. The van der Waals surface area contributed by atoms with Gasteiger partial charge < -0.3 is 24.1 Å². The molecule has 0 saturated heterocycles. The highest BCUT2D eigenvalue weighted by atomic mass is 16.6. The van der Waals surface area contributed by atoms with Gasteiger partial charge in [0.15, 0.2) is 11.9 Å². The van der Waals surface area contributed by atoms with Crippen molar-refractivity contribution in [3.8, 4) is 0 Å². The van der Waals surface area contributed by atoms with E-state index in [4.69, 9.17) is 18.9 Å². The van der Waals surface area contributed by atoms with Crippen LogP contribution >= 0.6 is 0 Å². The largest absolute Gasteiger partial charge is 0.485 e. The molecule has 2 rings (SSSR count). The van der Waals surface area contributed by atoms with Crippen molar-refractivity contribution in [2.45, 2.75) is 233 Å². The average molecular weight is 827 g/mol. The van der Waals surface area contributed by atoms with Crippen LogP contribution in [-0.4, -0.2) is 41.2 Å². The van der Waals surface area contributed by atoms with E-state index >= 15 is 0 Å². The van der Waals surface area contributed by atoms with Crippen LogP contribution in [0.5, 0.6) is 0 Å². The highest BCUT2D eigenvalue weighted by Crippen LogP contribution is 2.34. The fraction of sp³-hybridized carbons (Fsp3) is 0.760. The summed E-state index contributed by atoms with van der Waals surface area (Å²) in [6.07, 6.45) is 27.5. The predicted octanol–water partition coefficient (Wildman–Crippen LogP) is 13.5. The van der Waals surface area contributed by atoms with Gasteiger partial charge in [-0.25, -0.2) is 4.79 Å². The van der Waals surface area contributed by atoms with E-state index in [0.29, 0.717) is 12.8 Å². The molecule has 0 spiro atoms. The molecule has 0 aliphatic carbocycles. The number of cyclic esters (lactones) is 1. The fourth-order valence-electron chi connectivity index (χ4n) is 7.52. The molecule has 1 aliphatic rings. The number of unbranched alkanes of at least 4 members (excludes halogenated alkanes) is 23. The fourth-order valence-corrected chi connectivity index (χ4v) is 7.52. The summed E-state index contributed by atoms with van der Waals surface area (Å²) in [7, 11) is 0. The Kier molecular flexibility index (Phi) is 27.7. The van der Waals surface area contributed by atoms with Crippen molar-refractivity contribution in [3.05, 3.63) is 47.4 Å². The molecule has 0 aromatic heterocycles. The zero-order valence-corrected chi connectivity index (χ0v) is 37.8. The molecule has 1 aromatic carbocycles. The summed E-state index contributed by atoms with van der Waals surface area (Å²) < 4.78 is 23.6. The van der Waals surface area contributed by atoms with Crippen LogP contribution in [-0.2, 0) is 44.7 Å². The number of ether oxygens (including phenoxy) is 4. The standard InChI is InChI=1S/C50H82O9/c1-6-8-10-12-14-16-18-20-22-24-26-28-33-37-43(51)57-42(38-41(47(52)53)36-32-27-25-23-21-19-17-15-13-11-9-7-2)44-45(56-39-40-34-30-29-31-35-40)46(48(54)58-44)59-49(55)50(3,4)5/h29-31,34-35,41-42,44H,6-28,32-33,36-39H2,1-5H3,(H,52,53)/t41?,42-,44+/m0/s1. The van der Waals surface area contributed by atoms with Gasteiger partial charge in [-0.1, -0.05) is 198 Å². The van der Waals surface area contributed by atoms with Gasteiger partial charge >= 0.3 is 23.9 Å². The molecule has 3 atom stereocenters. The van der Waals surface area contributed by atoms with Crippen molar-refractivity contribution in [2.24, 2.45) is 11.3 Å². The van der Waals surface area contributed by atoms with Crippen molar-refractivity contribution < 1.29 is 43.2 Å².